The van der Waals surface area contributed by atoms with Crippen LogP contribution in [0.2, 0.25) is 5.02 Å². The lowest BCUT2D eigenvalue weighted by Gasteiger charge is -2.06. The maximum absolute atomic E-state index is 11.7. The van der Waals surface area contributed by atoms with Crippen molar-refractivity contribution in [3.05, 3.63) is 27.7 Å². The molecule has 0 saturated carbocycles. The predicted molar refractivity (Wildman–Crippen MR) is 78.2 cm³/mol. The van der Waals surface area contributed by atoms with Crippen molar-refractivity contribution in [3.63, 3.8) is 0 Å². The Balaban J connectivity index is 3.29. The summed E-state index contributed by atoms with van der Waals surface area (Å²) in [6.45, 7) is 0. The molecule has 0 spiro atoms. The lowest BCUT2D eigenvalue weighted by atomic mass is 10.4. The number of hydrogen-bond acceptors (Lipinski definition) is 2. The van der Waals surface area contributed by atoms with Crippen LogP contribution in [-0.2, 0) is 9.84 Å². The van der Waals surface area contributed by atoms with Gasteiger partial charge in [-0.05, 0) is 34.1 Å². The minimum atomic E-state index is -3.25. The van der Waals surface area contributed by atoms with E-state index in [1.54, 1.807) is 6.07 Å². The molecule has 0 aliphatic heterocycles. The normalized spacial score (nSPS) is 12.1. The minimum Gasteiger partial charge on any atom is -0.222 e. The van der Waals surface area contributed by atoms with Gasteiger partial charge in [-0.2, -0.15) is 0 Å². The van der Waals surface area contributed by atoms with Gasteiger partial charge in [0, 0.05) is 4.47 Å². The fourth-order valence-corrected chi connectivity index (χ4v) is 3.76. The van der Waals surface area contributed by atoms with Crippen LogP contribution >= 0.6 is 72.7 Å². The quantitative estimate of drug-likeness (QED) is 0.435. The van der Waals surface area contributed by atoms with Gasteiger partial charge in [0.25, 0.3) is 0 Å². The molecule has 7 heteroatoms. The number of benzene rings is 1. The van der Waals surface area contributed by atoms with Gasteiger partial charge in [0.1, 0.15) is 0 Å². The van der Waals surface area contributed by atoms with Crippen molar-refractivity contribution in [1.29, 1.82) is 0 Å². The Morgan fingerprint density at radius 2 is 1.93 bits per heavy atom. The van der Waals surface area contributed by atoms with Gasteiger partial charge in [0.15, 0.2) is 11.1 Å². The Bertz CT molecular complexity index is 447. The van der Waals surface area contributed by atoms with Crippen molar-refractivity contribution >= 4 is 82.5 Å². The monoisotopic (exact) mass is 520 g/mol. The van der Waals surface area contributed by atoms with Crippen molar-refractivity contribution in [2.45, 2.75) is 6.16 Å². The van der Waals surface area contributed by atoms with Crippen molar-refractivity contribution in [3.8, 4) is 0 Å². The Hall–Kier alpha value is 1.40. The predicted octanol–water partition coefficient (Wildman–Crippen LogP) is 4.03. The molecule has 2 nitrogen and oxygen atoms in total. The van der Waals surface area contributed by atoms with Crippen molar-refractivity contribution in [2.24, 2.45) is 0 Å². The topological polar surface area (TPSA) is 34.1 Å². The second kappa shape index (κ2) is 5.15. The summed E-state index contributed by atoms with van der Waals surface area (Å²) >= 11 is 12.7. The highest BCUT2D eigenvalue weighted by atomic mass is 127. The fraction of sp³-hybridized carbons (Fsp3) is 0.143. The number of hydrogen-bond donors (Lipinski definition) is 0. The maximum atomic E-state index is 11.7. The summed E-state index contributed by atoms with van der Waals surface area (Å²) in [6, 6.07) is 4.62. The fourth-order valence-electron chi connectivity index (χ4n) is 0.757. The molecule has 1 rings (SSSR count). The number of alkyl halides is 2. The van der Waals surface area contributed by atoms with E-state index >= 15 is 0 Å². The molecule has 0 amide bonds. The molecule has 0 aliphatic rings. The second-order valence-corrected chi connectivity index (χ2v) is 12.2. The summed E-state index contributed by atoms with van der Waals surface area (Å²) in [4.78, 5) is 0.250. The molecular weight excluding hydrogens is 517 g/mol. The lowest BCUT2D eigenvalue weighted by Crippen LogP contribution is -2.07. The van der Waals surface area contributed by atoms with Crippen LogP contribution in [0.4, 0.5) is 0 Å². The first kappa shape index (κ1) is 13.5. The highest BCUT2D eigenvalue weighted by Crippen LogP contribution is 2.30. The average Bonchev–Trinajstić information content (AvgIpc) is 2.09. The number of rotatable bonds is 2. The molecular formula is C7H4BrClI2O2S. The van der Waals surface area contributed by atoms with E-state index < -0.39 is 11.1 Å². The largest absolute Gasteiger partial charge is 0.222 e. The summed E-state index contributed by atoms with van der Waals surface area (Å²) in [5, 5.41) is 0.402. The molecule has 0 atom stereocenters. The SMILES string of the molecule is O=S(=O)(c1ccc(Br)c(Cl)c1)C(I)I. The van der Waals surface area contributed by atoms with Crippen LogP contribution in [0.15, 0.2) is 27.6 Å². The Morgan fingerprint density at radius 1 is 1.36 bits per heavy atom. The van der Waals surface area contributed by atoms with E-state index in [1.807, 2.05) is 45.2 Å². The van der Waals surface area contributed by atoms with Gasteiger partial charge in [0.05, 0.1) is 9.92 Å². The highest BCUT2D eigenvalue weighted by molar-refractivity contribution is 14.2. The van der Waals surface area contributed by atoms with Crippen molar-refractivity contribution < 1.29 is 8.42 Å². The molecule has 0 bridgehead atoms. The van der Waals surface area contributed by atoms with Gasteiger partial charge >= 0.3 is 0 Å². The molecule has 0 saturated heterocycles. The van der Waals surface area contributed by atoms with Gasteiger partial charge in [-0.1, -0.05) is 56.8 Å². The summed E-state index contributed by atoms with van der Waals surface area (Å²) in [7, 11) is -3.25. The van der Waals surface area contributed by atoms with Crippen molar-refractivity contribution in [2.75, 3.05) is 0 Å². The van der Waals surface area contributed by atoms with Crippen LogP contribution in [0.25, 0.3) is 0 Å². The Kier molecular flexibility index (Phi) is 4.96. The zero-order valence-corrected chi connectivity index (χ0v) is 14.0. The van der Waals surface area contributed by atoms with Gasteiger partial charge in [0.2, 0.25) is 0 Å². The van der Waals surface area contributed by atoms with Crippen LogP contribution in [-0.4, -0.2) is 9.68 Å². The van der Waals surface area contributed by atoms with Crippen LogP contribution in [0.5, 0.6) is 0 Å². The first-order valence-electron chi connectivity index (χ1n) is 3.33. The Labute approximate surface area is 123 Å². The standard InChI is InChI=1S/C7H4BrClI2O2S/c8-5-2-1-4(3-6(5)9)14(12,13)7(10)11/h1-3,7H. The van der Waals surface area contributed by atoms with Gasteiger partial charge in [-0.3, -0.25) is 0 Å². The third-order valence-electron chi connectivity index (χ3n) is 1.45. The molecule has 0 unspecified atom stereocenters. The van der Waals surface area contributed by atoms with E-state index in [0.29, 0.717) is 9.50 Å². The Morgan fingerprint density at radius 3 is 2.36 bits per heavy atom. The van der Waals surface area contributed by atoms with Crippen LogP contribution < -0.4 is 0 Å². The van der Waals surface area contributed by atoms with E-state index in [1.165, 1.54) is 12.1 Å². The molecule has 0 N–H and O–H groups in total. The van der Waals surface area contributed by atoms with Crippen molar-refractivity contribution in [1.82, 2.24) is 0 Å². The first-order chi connectivity index (χ1) is 6.35. The zero-order valence-electron chi connectivity index (χ0n) is 6.55. The molecule has 1 aromatic rings. The van der Waals surface area contributed by atoms with E-state index in [4.69, 9.17) is 11.6 Å². The molecule has 78 valence electrons. The first-order valence-corrected chi connectivity index (χ1v) is 8.53. The van der Waals surface area contributed by atoms with Gasteiger partial charge < -0.3 is 0 Å². The minimum absolute atomic E-state index is 0.250. The van der Waals surface area contributed by atoms with E-state index in [2.05, 4.69) is 15.9 Å². The lowest BCUT2D eigenvalue weighted by molar-refractivity contribution is 0.600. The third-order valence-corrected chi connectivity index (χ3v) is 8.08. The van der Waals surface area contributed by atoms with E-state index in [-0.39, 0.29) is 4.90 Å². The summed E-state index contributed by atoms with van der Waals surface area (Å²) in [5.74, 6) is 0. The summed E-state index contributed by atoms with van der Waals surface area (Å²) in [5.41, 5.74) is 0. The molecule has 14 heavy (non-hydrogen) atoms. The summed E-state index contributed by atoms with van der Waals surface area (Å²) in [6.07, 6.45) is 0. The second-order valence-electron chi connectivity index (χ2n) is 2.38. The molecule has 0 heterocycles. The third kappa shape index (κ3) is 2.96. The average molecular weight is 521 g/mol. The molecule has 0 radical (unpaired) electrons. The van der Waals surface area contributed by atoms with Crippen LogP contribution in [0.1, 0.15) is 0 Å². The van der Waals surface area contributed by atoms with Crippen LogP contribution in [0, 0.1) is 0 Å². The van der Waals surface area contributed by atoms with E-state index in [0.717, 1.165) is 0 Å². The summed E-state index contributed by atoms with van der Waals surface area (Å²) < 4.78 is 23.6. The zero-order chi connectivity index (χ0) is 10.9. The highest BCUT2D eigenvalue weighted by Gasteiger charge is 2.22. The molecule has 0 aromatic heterocycles. The molecule has 0 aliphatic carbocycles. The maximum Gasteiger partial charge on any atom is 0.199 e. The molecule has 0 fully saturated rings. The number of sulfone groups is 1. The smallest absolute Gasteiger partial charge is 0.199 e. The van der Waals surface area contributed by atoms with Crippen LogP contribution in [0.3, 0.4) is 0 Å². The van der Waals surface area contributed by atoms with Gasteiger partial charge in [-0.15, -0.1) is 0 Å². The number of halogens is 4. The van der Waals surface area contributed by atoms with E-state index in [9.17, 15) is 8.42 Å². The molecule has 1 aromatic carbocycles. The van der Waals surface area contributed by atoms with Gasteiger partial charge in [-0.25, -0.2) is 8.42 Å².